The Kier molecular flexibility index (Phi) is 2.04. The molecule has 0 bridgehead atoms. The zero-order chi connectivity index (χ0) is 9.35. The second kappa shape index (κ2) is 2.73. The monoisotopic (exact) mass is 166 g/mol. The highest BCUT2D eigenvalue weighted by atomic mass is 16.1. The van der Waals surface area contributed by atoms with Crippen molar-refractivity contribution >= 4 is 6.29 Å². The van der Waals surface area contributed by atoms with E-state index in [1.54, 1.807) is 17.9 Å². The zero-order valence-electron chi connectivity index (χ0n) is 7.96. The van der Waals surface area contributed by atoms with Crippen molar-refractivity contribution in [1.82, 2.24) is 9.78 Å². The molecular weight excluding hydrogens is 152 g/mol. The number of carbonyl (C=O) groups is 1. The Bertz CT molecular complexity index is 294. The fourth-order valence-corrected chi connectivity index (χ4v) is 1.16. The van der Waals surface area contributed by atoms with Crippen LogP contribution in [0.5, 0.6) is 0 Å². The standard InChI is InChI=1S/C9H14N2O/c1-9(2,3)7-5-10-11(4)8(7)6-12/h5-6H,1-4H3. The first-order valence-electron chi connectivity index (χ1n) is 3.94. The molecule has 0 atom stereocenters. The number of hydrogen-bond donors (Lipinski definition) is 0. The number of aldehydes is 1. The second-order valence-corrected chi connectivity index (χ2v) is 3.93. The van der Waals surface area contributed by atoms with Gasteiger partial charge in [0.2, 0.25) is 0 Å². The molecule has 0 N–H and O–H groups in total. The molecule has 0 saturated heterocycles. The third-order valence-electron chi connectivity index (χ3n) is 1.90. The van der Waals surface area contributed by atoms with Gasteiger partial charge in [0.05, 0.1) is 6.20 Å². The summed E-state index contributed by atoms with van der Waals surface area (Å²) in [4.78, 5) is 10.7. The average molecular weight is 166 g/mol. The van der Waals surface area contributed by atoms with Crippen LogP contribution in [0.4, 0.5) is 0 Å². The quantitative estimate of drug-likeness (QED) is 0.593. The van der Waals surface area contributed by atoms with Crippen LogP contribution in [0, 0.1) is 0 Å². The topological polar surface area (TPSA) is 34.9 Å². The van der Waals surface area contributed by atoms with Crippen LogP contribution in [0.3, 0.4) is 0 Å². The number of rotatable bonds is 1. The minimum atomic E-state index is -0.00942. The smallest absolute Gasteiger partial charge is 0.168 e. The van der Waals surface area contributed by atoms with Gasteiger partial charge in [-0.15, -0.1) is 0 Å². The van der Waals surface area contributed by atoms with Gasteiger partial charge in [0.15, 0.2) is 6.29 Å². The minimum Gasteiger partial charge on any atom is -0.296 e. The lowest BCUT2D eigenvalue weighted by atomic mass is 9.87. The first kappa shape index (κ1) is 8.97. The summed E-state index contributed by atoms with van der Waals surface area (Å²) < 4.78 is 1.60. The molecule has 0 radical (unpaired) electrons. The Morgan fingerprint density at radius 1 is 1.50 bits per heavy atom. The van der Waals surface area contributed by atoms with E-state index in [1.165, 1.54) is 0 Å². The highest BCUT2D eigenvalue weighted by molar-refractivity contribution is 5.75. The summed E-state index contributed by atoms with van der Waals surface area (Å²) in [5.41, 5.74) is 1.66. The van der Waals surface area contributed by atoms with Crippen LogP contribution >= 0.6 is 0 Å². The van der Waals surface area contributed by atoms with E-state index in [0.717, 1.165) is 11.8 Å². The molecule has 1 heterocycles. The summed E-state index contributed by atoms with van der Waals surface area (Å²) in [5.74, 6) is 0. The van der Waals surface area contributed by atoms with Crippen molar-refractivity contribution in [3.63, 3.8) is 0 Å². The Labute approximate surface area is 72.4 Å². The van der Waals surface area contributed by atoms with Gasteiger partial charge in [0, 0.05) is 12.6 Å². The largest absolute Gasteiger partial charge is 0.296 e. The molecule has 12 heavy (non-hydrogen) atoms. The molecule has 1 rings (SSSR count). The third kappa shape index (κ3) is 1.40. The van der Waals surface area contributed by atoms with Crippen LogP contribution < -0.4 is 0 Å². The molecule has 0 unspecified atom stereocenters. The molecule has 1 aromatic heterocycles. The van der Waals surface area contributed by atoms with Gasteiger partial charge in [-0.2, -0.15) is 5.10 Å². The Morgan fingerprint density at radius 2 is 2.08 bits per heavy atom. The van der Waals surface area contributed by atoms with Gasteiger partial charge in [0.25, 0.3) is 0 Å². The molecule has 0 fully saturated rings. The highest BCUT2D eigenvalue weighted by Crippen LogP contribution is 2.23. The van der Waals surface area contributed by atoms with E-state index in [0.29, 0.717) is 5.69 Å². The molecule has 1 aromatic rings. The maximum Gasteiger partial charge on any atom is 0.168 e. The highest BCUT2D eigenvalue weighted by Gasteiger charge is 2.20. The van der Waals surface area contributed by atoms with Crippen LogP contribution in [0.15, 0.2) is 6.20 Å². The molecule has 0 aromatic carbocycles. The Hall–Kier alpha value is -1.12. The zero-order valence-corrected chi connectivity index (χ0v) is 7.96. The molecule has 0 spiro atoms. The third-order valence-corrected chi connectivity index (χ3v) is 1.90. The lowest BCUT2D eigenvalue weighted by Crippen LogP contribution is -2.13. The summed E-state index contributed by atoms with van der Waals surface area (Å²) in [5, 5.41) is 4.04. The number of nitrogens with zero attached hydrogens (tertiary/aromatic N) is 2. The molecule has 0 aliphatic carbocycles. The van der Waals surface area contributed by atoms with E-state index in [1.807, 2.05) is 0 Å². The van der Waals surface area contributed by atoms with Gasteiger partial charge in [-0.1, -0.05) is 20.8 Å². The summed E-state index contributed by atoms with van der Waals surface area (Å²) >= 11 is 0. The fourth-order valence-electron chi connectivity index (χ4n) is 1.16. The van der Waals surface area contributed by atoms with Crippen molar-refractivity contribution < 1.29 is 4.79 Å². The first-order valence-corrected chi connectivity index (χ1v) is 3.94. The van der Waals surface area contributed by atoms with Crippen molar-refractivity contribution in [3.05, 3.63) is 17.5 Å². The van der Waals surface area contributed by atoms with Crippen molar-refractivity contribution in [3.8, 4) is 0 Å². The second-order valence-electron chi connectivity index (χ2n) is 3.93. The van der Waals surface area contributed by atoms with Gasteiger partial charge < -0.3 is 0 Å². The van der Waals surface area contributed by atoms with E-state index < -0.39 is 0 Å². The van der Waals surface area contributed by atoms with Gasteiger partial charge in [-0.05, 0) is 5.41 Å². The average Bonchev–Trinajstić information content (AvgIpc) is 2.29. The lowest BCUT2D eigenvalue weighted by Gasteiger charge is -2.16. The summed E-state index contributed by atoms with van der Waals surface area (Å²) in [7, 11) is 1.78. The molecular formula is C9H14N2O. The van der Waals surface area contributed by atoms with E-state index in [4.69, 9.17) is 0 Å². The predicted molar refractivity (Wildman–Crippen MR) is 47.3 cm³/mol. The van der Waals surface area contributed by atoms with Crippen molar-refractivity contribution in [2.24, 2.45) is 7.05 Å². The molecule has 0 saturated carbocycles. The molecule has 3 heteroatoms. The normalized spacial score (nSPS) is 11.7. The molecule has 3 nitrogen and oxygen atoms in total. The van der Waals surface area contributed by atoms with E-state index in [9.17, 15) is 4.79 Å². The summed E-state index contributed by atoms with van der Waals surface area (Å²) in [6.07, 6.45) is 2.61. The van der Waals surface area contributed by atoms with Crippen molar-refractivity contribution in [2.75, 3.05) is 0 Å². The molecule has 0 aliphatic rings. The van der Waals surface area contributed by atoms with E-state index in [2.05, 4.69) is 25.9 Å². The minimum absolute atomic E-state index is 0.00942. The van der Waals surface area contributed by atoms with Crippen LogP contribution in [-0.2, 0) is 12.5 Å². The van der Waals surface area contributed by atoms with Gasteiger partial charge >= 0.3 is 0 Å². The van der Waals surface area contributed by atoms with Gasteiger partial charge in [0.1, 0.15) is 5.69 Å². The lowest BCUT2D eigenvalue weighted by molar-refractivity contribution is 0.111. The van der Waals surface area contributed by atoms with E-state index >= 15 is 0 Å². The maximum atomic E-state index is 10.7. The number of aryl methyl sites for hydroxylation is 1. The number of aromatic nitrogens is 2. The van der Waals surface area contributed by atoms with Gasteiger partial charge in [-0.25, -0.2) is 0 Å². The summed E-state index contributed by atoms with van der Waals surface area (Å²) in [6.45, 7) is 6.20. The first-order chi connectivity index (χ1) is 5.46. The maximum absolute atomic E-state index is 10.7. The van der Waals surface area contributed by atoms with Crippen LogP contribution in [0.2, 0.25) is 0 Å². The Balaban J connectivity index is 3.25. The molecule has 0 amide bonds. The molecule has 0 aliphatic heterocycles. The summed E-state index contributed by atoms with van der Waals surface area (Å²) in [6, 6.07) is 0. The SMILES string of the molecule is Cn1ncc(C(C)(C)C)c1C=O. The van der Waals surface area contributed by atoms with E-state index in [-0.39, 0.29) is 5.41 Å². The van der Waals surface area contributed by atoms with Crippen LogP contribution in [0.1, 0.15) is 36.8 Å². The van der Waals surface area contributed by atoms with Gasteiger partial charge in [-0.3, -0.25) is 9.48 Å². The fraction of sp³-hybridized carbons (Fsp3) is 0.556. The van der Waals surface area contributed by atoms with Crippen LogP contribution in [-0.4, -0.2) is 16.1 Å². The number of carbonyl (C=O) groups excluding carboxylic acids is 1. The van der Waals surface area contributed by atoms with Crippen LogP contribution in [0.25, 0.3) is 0 Å². The van der Waals surface area contributed by atoms with Crippen molar-refractivity contribution in [2.45, 2.75) is 26.2 Å². The van der Waals surface area contributed by atoms with Crippen molar-refractivity contribution in [1.29, 1.82) is 0 Å². The predicted octanol–water partition coefficient (Wildman–Crippen LogP) is 1.53. The molecule has 66 valence electrons. The number of hydrogen-bond acceptors (Lipinski definition) is 2. The Morgan fingerprint density at radius 3 is 2.42 bits per heavy atom.